The van der Waals surface area contributed by atoms with Gasteiger partial charge >= 0.3 is 0 Å². The molecular formula is C26H34N4O2S. The number of rotatable bonds is 9. The van der Waals surface area contributed by atoms with Gasteiger partial charge in [0.15, 0.2) is 5.16 Å². The zero-order chi connectivity index (χ0) is 24.1. The Labute approximate surface area is 200 Å². The molecule has 0 aliphatic heterocycles. The second kappa shape index (κ2) is 11.0. The number of carbonyl (C=O) groups excluding carboxylic acids is 1. The second-order valence-electron chi connectivity index (χ2n) is 8.98. The van der Waals surface area contributed by atoms with E-state index in [1.165, 1.54) is 0 Å². The van der Waals surface area contributed by atoms with E-state index < -0.39 is 0 Å². The highest BCUT2D eigenvalue weighted by molar-refractivity contribution is 7.98. The van der Waals surface area contributed by atoms with E-state index in [4.69, 9.17) is 4.98 Å². The zero-order valence-corrected chi connectivity index (χ0v) is 21.2. The van der Waals surface area contributed by atoms with Crippen LogP contribution in [0.15, 0.2) is 58.5 Å². The molecule has 3 rings (SSSR count). The minimum Gasteiger partial charge on any atom is -0.345 e. The Kier molecular flexibility index (Phi) is 8.32. The predicted octanol–water partition coefficient (Wildman–Crippen LogP) is 4.51. The summed E-state index contributed by atoms with van der Waals surface area (Å²) < 4.78 is 1.81. The van der Waals surface area contributed by atoms with E-state index in [1.807, 2.05) is 53.1 Å². The SMILES string of the molecule is CC(C)N(CCn1c(SCc2ccc(C(=O)N(C)C)cc2)nc2ccccc2c1=O)C(C)C. The maximum absolute atomic E-state index is 13.3. The number of benzene rings is 2. The van der Waals surface area contributed by atoms with Crippen LogP contribution in [0.25, 0.3) is 10.9 Å². The largest absolute Gasteiger partial charge is 0.345 e. The number of para-hydroxylation sites is 1. The first kappa shape index (κ1) is 25.0. The van der Waals surface area contributed by atoms with Crippen LogP contribution in [0.3, 0.4) is 0 Å². The molecule has 0 bridgehead atoms. The summed E-state index contributed by atoms with van der Waals surface area (Å²) in [5.74, 6) is 0.651. The van der Waals surface area contributed by atoms with Crippen LogP contribution in [-0.2, 0) is 12.3 Å². The number of nitrogens with zero attached hydrogens (tertiary/aromatic N) is 4. The van der Waals surface area contributed by atoms with Crippen molar-refractivity contribution in [2.45, 2.75) is 57.2 Å². The number of aromatic nitrogens is 2. The van der Waals surface area contributed by atoms with Gasteiger partial charge in [-0.15, -0.1) is 0 Å². The monoisotopic (exact) mass is 466 g/mol. The third-order valence-electron chi connectivity index (χ3n) is 5.71. The van der Waals surface area contributed by atoms with Crippen LogP contribution in [0.2, 0.25) is 0 Å². The van der Waals surface area contributed by atoms with E-state index in [0.717, 1.165) is 22.8 Å². The molecule has 6 nitrogen and oxygen atoms in total. The lowest BCUT2D eigenvalue weighted by atomic mass is 10.1. The normalized spacial score (nSPS) is 11.7. The van der Waals surface area contributed by atoms with Crippen LogP contribution in [0.5, 0.6) is 0 Å². The molecule has 176 valence electrons. The van der Waals surface area contributed by atoms with Crippen molar-refractivity contribution in [1.82, 2.24) is 19.4 Å². The summed E-state index contributed by atoms with van der Waals surface area (Å²) in [4.78, 5) is 34.3. The molecule has 0 fully saturated rings. The Morgan fingerprint density at radius 2 is 1.64 bits per heavy atom. The van der Waals surface area contributed by atoms with Gasteiger partial charge in [-0.1, -0.05) is 36.0 Å². The summed E-state index contributed by atoms with van der Waals surface area (Å²) in [5, 5.41) is 1.37. The Hall–Kier alpha value is -2.64. The topological polar surface area (TPSA) is 58.4 Å². The van der Waals surface area contributed by atoms with Gasteiger partial charge in [-0.05, 0) is 57.5 Å². The van der Waals surface area contributed by atoms with Gasteiger partial charge in [-0.25, -0.2) is 4.98 Å². The average Bonchev–Trinajstić information content (AvgIpc) is 2.78. The summed E-state index contributed by atoms with van der Waals surface area (Å²) >= 11 is 1.56. The van der Waals surface area contributed by atoms with Gasteiger partial charge < -0.3 is 4.90 Å². The maximum atomic E-state index is 13.3. The lowest BCUT2D eigenvalue weighted by Crippen LogP contribution is -2.40. The molecule has 0 N–H and O–H groups in total. The number of fused-ring (bicyclic) bond motifs is 1. The van der Waals surface area contributed by atoms with Crippen molar-refractivity contribution in [1.29, 1.82) is 0 Å². The van der Waals surface area contributed by atoms with Gasteiger partial charge in [0.05, 0.1) is 10.9 Å². The van der Waals surface area contributed by atoms with Crippen molar-refractivity contribution in [2.75, 3.05) is 20.6 Å². The molecule has 0 unspecified atom stereocenters. The minimum atomic E-state index is -0.0147. The molecule has 7 heteroatoms. The highest BCUT2D eigenvalue weighted by Crippen LogP contribution is 2.23. The van der Waals surface area contributed by atoms with Crippen molar-refractivity contribution in [3.05, 3.63) is 70.0 Å². The Bertz CT molecular complexity index is 1150. The molecule has 3 aromatic rings. The number of hydrogen-bond donors (Lipinski definition) is 0. The Morgan fingerprint density at radius 3 is 2.24 bits per heavy atom. The minimum absolute atomic E-state index is 0.00231. The zero-order valence-electron chi connectivity index (χ0n) is 20.4. The molecule has 0 spiro atoms. The van der Waals surface area contributed by atoms with Crippen LogP contribution < -0.4 is 5.56 Å². The molecule has 0 radical (unpaired) electrons. The third-order valence-corrected chi connectivity index (χ3v) is 6.76. The molecule has 2 aromatic carbocycles. The van der Waals surface area contributed by atoms with Crippen molar-refractivity contribution >= 4 is 28.6 Å². The summed E-state index contributed by atoms with van der Waals surface area (Å²) in [6.07, 6.45) is 0. The van der Waals surface area contributed by atoms with Crippen LogP contribution in [0, 0.1) is 0 Å². The fourth-order valence-corrected chi connectivity index (χ4v) is 4.91. The molecule has 0 saturated heterocycles. The Balaban J connectivity index is 1.87. The van der Waals surface area contributed by atoms with Gasteiger partial charge in [0.1, 0.15) is 0 Å². The van der Waals surface area contributed by atoms with E-state index >= 15 is 0 Å². The second-order valence-corrected chi connectivity index (χ2v) is 9.92. The summed E-state index contributed by atoms with van der Waals surface area (Å²) in [6, 6.07) is 16.0. The summed E-state index contributed by atoms with van der Waals surface area (Å²) in [7, 11) is 3.49. The van der Waals surface area contributed by atoms with E-state index in [-0.39, 0.29) is 11.5 Å². The van der Waals surface area contributed by atoms with Crippen molar-refractivity contribution in [3.8, 4) is 0 Å². The first-order chi connectivity index (χ1) is 15.7. The van der Waals surface area contributed by atoms with Gasteiger partial charge in [-0.2, -0.15) is 0 Å². The van der Waals surface area contributed by atoms with Crippen LogP contribution in [0.4, 0.5) is 0 Å². The van der Waals surface area contributed by atoms with Gasteiger partial charge in [0.2, 0.25) is 0 Å². The highest BCUT2D eigenvalue weighted by atomic mass is 32.2. The van der Waals surface area contributed by atoms with Crippen LogP contribution in [0.1, 0.15) is 43.6 Å². The van der Waals surface area contributed by atoms with E-state index in [9.17, 15) is 9.59 Å². The molecule has 1 heterocycles. The smallest absolute Gasteiger partial charge is 0.262 e. The van der Waals surface area contributed by atoms with E-state index in [2.05, 4.69) is 32.6 Å². The highest BCUT2D eigenvalue weighted by Gasteiger charge is 2.17. The van der Waals surface area contributed by atoms with Gasteiger partial charge in [-0.3, -0.25) is 19.1 Å². The molecule has 1 aromatic heterocycles. The quantitative estimate of drug-likeness (QED) is 0.343. The number of amides is 1. The average molecular weight is 467 g/mol. The Morgan fingerprint density at radius 1 is 1.00 bits per heavy atom. The van der Waals surface area contributed by atoms with Gasteiger partial charge in [0, 0.05) is 50.6 Å². The lowest BCUT2D eigenvalue weighted by molar-refractivity contribution is 0.0827. The number of carbonyl (C=O) groups is 1. The summed E-state index contributed by atoms with van der Waals surface area (Å²) in [5.41, 5.74) is 2.47. The fourth-order valence-electron chi connectivity index (χ4n) is 3.93. The first-order valence-corrected chi connectivity index (χ1v) is 12.4. The standard InChI is InChI=1S/C26H34N4O2S/c1-18(2)29(19(3)4)15-16-30-25(32)22-9-7-8-10-23(22)27-26(30)33-17-20-11-13-21(14-12-20)24(31)28(5)6/h7-14,18-19H,15-17H2,1-6H3. The number of thioether (sulfide) groups is 1. The van der Waals surface area contributed by atoms with E-state index in [0.29, 0.717) is 35.3 Å². The van der Waals surface area contributed by atoms with Gasteiger partial charge in [0.25, 0.3) is 11.5 Å². The lowest BCUT2D eigenvalue weighted by Gasteiger charge is -2.30. The van der Waals surface area contributed by atoms with E-state index in [1.54, 1.807) is 30.8 Å². The molecule has 1 amide bonds. The molecule has 0 aliphatic rings. The fraction of sp³-hybridized carbons (Fsp3) is 0.423. The van der Waals surface area contributed by atoms with Crippen LogP contribution >= 0.6 is 11.8 Å². The third kappa shape index (κ3) is 6.03. The maximum Gasteiger partial charge on any atom is 0.262 e. The molecular weight excluding hydrogens is 432 g/mol. The van der Waals surface area contributed by atoms with Crippen LogP contribution in [-0.4, -0.2) is 58.0 Å². The molecule has 0 saturated carbocycles. The molecule has 33 heavy (non-hydrogen) atoms. The van der Waals surface area contributed by atoms with Crippen molar-refractivity contribution in [3.63, 3.8) is 0 Å². The molecule has 0 atom stereocenters. The summed E-state index contributed by atoms with van der Waals surface area (Å²) in [6.45, 7) is 10.1. The molecule has 0 aliphatic carbocycles. The van der Waals surface area contributed by atoms with Crippen molar-refractivity contribution < 1.29 is 4.79 Å². The number of hydrogen-bond acceptors (Lipinski definition) is 5. The van der Waals surface area contributed by atoms with Crippen molar-refractivity contribution in [2.24, 2.45) is 0 Å². The predicted molar refractivity (Wildman–Crippen MR) is 137 cm³/mol. The first-order valence-electron chi connectivity index (χ1n) is 11.4.